The van der Waals surface area contributed by atoms with Crippen LogP contribution in [-0.4, -0.2) is 41.2 Å². The summed E-state index contributed by atoms with van der Waals surface area (Å²) in [7, 11) is -0.395. The first kappa shape index (κ1) is 19.6. The van der Waals surface area contributed by atoms with Crippen molar-refractivity contribution in [3.63, 3.8) is 0 Å². The molecule has 0 bridgehead atoms. The molecule has 0 spiro atoms. The fraction of sp³-hybridized carbons (Fsp3) is 0.786. The third kappa shape index (κ3) is 8.04. The Hall–Kier alpha value is -0.363. The average Bonchev–Trinajstić information content (AvgIpc) is 2.45. The van der Waals surface area contributed by atoms with Gasteiger partial charge in [-0.25, -0.2) is 4.79 Å². The second-order valence-corrected chi connectivity index (χ2v) is 6.67. The fourth-order valence-electron chi connectivity index (χ4n) is 1.64. The smallest absolute Gasteiger partial charge is 0.349 e. The van der Waals surface area contributed by atoms with E-state index in [9.17, 15) is 4.79 Å². The zero-order valence-electron chi connectivity index (χ0n) is 12.9. The Labute approximate surface area is 129 Å². The molecule has 0 heterocycles. The topological polar surface area (TPSA) is 44.8 Å². The van der Waals surface area contributed by atoms with E-state index in [0.717, 1.165) is 12.8 Å². The van der Waals surface area contributed by atoms with Gasteiger partial charge in [-0.15, -0.1) is 0 Å². The molecule has 0 N–H and O–H groups in total. The van der Waals surface area contributed by atoms with E-state index in [1.54, 1.807) is 0 Å². The maximum Gasteiger partial charge on any atom is 0.349 e. The van der Waals surface area contributed by atoms with Crippen molar-refractivity contribution in [2.75, 3.05) is 19.8 Å². The van der Waals surface area contributed by atoms with Crippen molar-refractivity contribution in [1.82, 2.24) is 0 Å². The molecule has 0 aliphatic heterocycles. The summed E-state index contributed by atoms with van der Waals surface area (Å²) in [6.07, 6.45) is 2.70. The van der Waals surface area contributed by atoms with Crippen molar-refractivity contribution >= 4 is 27.3 Å². The number of hydrogen-bond donors (Lipinski definition) is 0. The van der Waals surface area contributed by atoms with Gasteiger partial charge in [-0.1, -0.05) is 45.4 Å². The minimum absolute atomic E-state index is 0.111. The SMILES string of the molecule is C=C(Cl)C(=O)OCC(CC)(CC)OCCO[SiH2]CCC. The molecule has 0 aromatic rings. The van der Waals surface area contributed by atoms with Crippen LogP contribution in [0.15, 0.2) is 11.6 Å². The van der Waals surface area contributed by atoms with Gasteiger partial charge in [0, 0.05) is 0 Å². The summed E-state index contributed by atoms with van der Waals surface area (Å²) in [5.41, 5.74) is -0.461. The lowest BCUT2D eigenvalue weighted by Gasteiger charge is -2.31. The molecular weight excluding hydrogens is 296 g/mol. The molecule has 0 saturated carbocycles. The van der Waals surface area contributed by atoms with Crippen molar-refractivity contribution in [1.29, 1.82) is 0 Å². The largest absolute Gasteiger partial charge is 0.458 e. The van der Waals surface area contributed by atoms with Gasteiger partial charge in [0.2, 0.25) is 0 Å². The van der Waals surface area contributed by atoms with Crippen LogP contribution in [0.1, 0.15) is 40.0 Å². The van der Waals surface area contributed by atoms with Gasteiger partial charge in [0.05, 0.1) is 13.2 Å². The zero-order chi connectivity index (χ0) is 15.4. The Balaban J connectivity index is 4.11. The standard InChI is InChI=1S/C14H27ClO4Si/c1-5-10-20-19-9-8-18-14(6-2,7-3)11-17-13(16)12(4)15/h4-11,20H2,1-3H3. The molecule has 0 aliphatic carbocycles. The molecule has 0 unspecified atom stereocenters. The van der Waals surface area contributed by atoms with Crippen LogP contribution in [0, 0.1) is 0 Å². The Kier molecular flexibility index (Phi) is 11.1. The van der Waals surface area contributed by atoms with Crippen LogP contribution in [0.25, 0.3) is 0 Å². The summed E-state index contributed by atoms with van der Waals surface area (Å²) in [5, 5.41) is -0.111. The summed E-state index contributed by atoms with van der Waals surface area (Å²) in [6, 6.07) is 1.20. The van der Waals surface area contributed by atoms with Crippen LogP contribution in [0.2, 0.25) is 6.04 Å². The number of rotatable bonds is 12. The number of hydrogen-bond acceptors (Lipinski definition) is 4. The lowest BCUT2D eigenvalue weighted by molar-refractivity contribution is -0.153. The van der Waals surface area contributed by atoms with E-state index in [2.05, 4.69) is 13.5 Å². The van der Waals surface area contributed by atoms with Gasteiger partial charge in [0.1, 0.15) is 17.2 Å². The highest BCUT2D eigenvalue weighted by Crippen LogP contribution is 2.21. The van der Waals surface area contributed by atoms with E-state index in [-0.39, 0.29) is 11.6 Å². The van der Waals surface area contributed by atoms with Crippen molar-refractivity contribution in [3.05, 3.63) is 11.6 Å². The highest BCUT2D eigenvalue weighted by atomic mass is 35.5. The number of carbonyl (C=O) groups excluding carboxylic acids is 1. The molecule has 0 rings (SSSR count). The molecule has 0 saturated heterocycles. The van der Waals surface area contributed by atoms with Gasteiger partial charge >= 0.3 is 5.97 Å². The fourth-order valence-corrected chi connectivity index (χ4v) is 2.51. The Morgan fingerprint density at radius 1 is 1.25 bits per heavy atom. The van der Waals surface area contributed by atoms with Gasteiger partial charge in [0.15, 0.2) is 9.76 Å². The van der Waals surface area contributed by atoms with Crippen molar-refractivity contribution in [2.24, 2.45) is 0 Å². The van der Waals surface area contributed by atoms with Gasteiger partial charge < -0.3 is 13.9 Å². The maximum absolute atomic E-state index is 11.3. The predicted molar refractivity (Wildman–Crippen MR) is 84.8 cm³/mol. The molecule has 0 fully saturated rings. The summed E-state index contributed by atoms with van der Waals surface area (Å²) in [6.45, 7) is 10.9. The molecule has 0 amide bonds. The molecule has 6 heteroatoms. The first-order chi connectivity index (χ1) is 9.51. The molecule has 0 aromatic heterocycles. The minimum atomic E-state index is -0.590. The molecule has 0 radical (unpaired) electrons. The maximum atomic E-state index is 11.3. The van der Waals surface area contributed by atoms with Gasteiger partial charge in [-0.2, -0.15) is 0 Å². The second-order valence-electron chi connectivity index (χ2n) is 4.69. The Morgan fingerprint density at radius 2 is 1.90 bits per heavy atom. The Bertz CT molecular complexity index is 293. The van der Waals surface area contributed by atoms with E-state index < -0.39 is 21.3 Å². The number of carbonyl (C=O) groups is 1. The minimum Gasteiger partial charge on any atom is -0.458 e. The van der Waals surface area contributed by atoms with Gasteiger partial charge in [-0.05, 0) is 18.9 Å². The predicted octanol–water partition coefficient (Wildman–Crippen LogP) is 2.79. The van der Waals surface area contributed by atoms with Gasteiger partial charge in [-0.3, -0.25) is 0 Å². The zero-order valence-corrected chi connectivity index (χ0v) is 15.0. The molecule has 20 heavy (non-hydrogen) atoms. The van der Waals surface area contributed by atoms with E-state index in [4.69, 9.17) is 25.5 Å². The normalized spacial score (nSPS) is 12.0. The van der Waals surface area contributed by atoms with Gasteiger partial charge in [0.25, 0.3) is 0 Å². The van der Waals surface area contributed by atoms with Crippen molar-refractivity contribution < 1.29 is 18.7 Å². The molecule has 4 nitrogen and oxygen atoms in total. The highest BCUT2D eigenvalue weighted by Gasteiger charge is 2.29. The van der Waals surface area contributed by atoms with Crippen molar-refractivity contribution in [2.45, 2.75) is 51.7 Å². The summed E-state index contributed by atoms with van der Waals surface area (Å²) >= 11 is 5.49. The number of esters is 1. The number of ether oxygens (including phenoxy) is 2. The van der Waals surface area contributed by atoms with Crippen molar-refractivity contribution in [3.8, 4) is 0 Å². The van der Waals surface area contributed by atoms with E-state index in [0.29, 0.717) is 13.2 Å². The molecular formula is C14H27ClO4Si. The van der Waals surface area contributed by atoms with Crippen LogP contribution in [0.3, 0.4) is 0 Å². The Morgan fingerprint density at radius 3 is 2.40 bits per heavy atom. The van der Waals surface area contributed by atoms with E-state index in [1.165, 1.54) is 12.5 Å². The quantitative estimate of drug-likeness (QED) is 0.240. The third-order valence-electron chi connectivity index (χ3n) is 3.25. The summed E-state index contributed by atoms with van der Waals surface area (Å²) < 4.78 is 16.6. The highest BCUT2D eigenvalue weighted by molar-refractivity contribution is 6.40. The van der Waals surface area contributed by atoms with E-state index >= 15 is 0 Å². The van der Waals surface area contributed by atoms with Crippen LogP contribution in [0.5, 0.6) is 0 Å². The first-order valence-electron chi connectivity index (χ1n) is 7.24. The molecule has 0 aliphatic rings. The first-order valence-corrected chi connectivity index (χ1v) is 9.20. The van der Waals surface area contributed by atoms with Crippen LogP contribution >= 0.6 is 11.6 Å². The van der Waals surface area contributed by atoms with Crippen LogP contribution < -0.4 is 0 Å². The molecule has 0 atom stereocenters. The second kappa shape index (κ2) is 11.3. The number of halogens is 1. The lowest BCUT2D eigenvalue weighted by Crippen LogP contribution is -2.38. The third-order valence-corrected chi connectivity index (χ3v) is 4.98. The average molecular weight is 323 g/mol. The molecule has 118 valence electrons. The van der Waals surface area contributed by atoms with E-state index in [1.807, 2.05) is 13.8 Å². The van der Waals surface area contributed by atoms with Crippen LogP contribution in [-0.2, 0) is 18.7 Å². The summed E-state index contributed by atoms with van der Waals surface area (Å²) in [4.78, 5) is 11.3. The molecule has 0 aromatic carbocycles. The lowest BCUT2D eigenvalue weighted by atomic mass is 9.98. The monoisotopic (exact) mass is 322 g/mol. The van der Waals surface area contributed by atoms with Crippen LogP contribution in [0.4, 0.5) is 0 Å². The summed E-state index contributed by atoms with van der Waals surface area (Å²) in [5.74, 6) is -0.590.